The lowest BCUT2D eigenvalue weighted by atomic mass is 10.1. The molecule has 26 heavy (non-hydrogen) atoms. The smallest absolute Gasteiger partial charge is 0.223 e. The van der Waals surface area contributed by atoms with Crippen molar-refractivity contribution in [3.8, 4) is 0 Å². The van der Waals surface area contributed by atoms with Crippen LogP contribution in [0.25, 0.3) is 0 Å². The van der Waals surface area contributed by atoms with E-state index in [1.807, 2.05) is 34.8 Å². The van der Waals surface area contributed by atoms with Crippen molar-refractivity contribution in [1.29, 1.82) is 0 Å². The van der Waals surface area contributed by atoms with E-state index >= 15 is 0 Å². The highest BCUT2D eigenvalue weighted by molar-refractivity contribution is 5.80. The third-order valence-electron chi connectivity index (χ3n) is 4.64. The lowest BCUT2D eigenvalue weighted by molar-refractivity contribution is -0.131. The van der Waals surface area contributed by atoms with E-state index in [2.05, 4.69) is 32.9 Å². The number of carbonyl (C=O) groups is 1. The van der Waals surface area contributed by atoms with E-state index < -0.39 is 0 Å². The van der Waals surface area contributed by atoms with E-state index in [-0.39, 0.29) is 5.91 Å². The van der Waals surface area contributed by atoms with E-state index in [9.17, 15) is 4.79 Å². The van der Waals surface area contributed by atoms with Crippen molar-refractivity contribution in [3.05, 3.63) is 53.3 Å². The Bertz CT molecular complexity index is 757. The number of fused-ring (bicyclic) bond motifs is 1. The molecule has 2 heterocycles. The van der Waals surface area contributed by atoms with Crippen LogP contribution >= 0.6 is 0 Å². The fourth-order valence-corrected chi connectivity index (χ4v) is 3.08. The highest BCUT2D eigenvalue weighted by atomic mass is 16.2. The van der Waals surface area contributed by atoms with Gasteiger partial charge in [0.15, 0.2) is 5.96 Å². The summed E-state index contributed by atoms with van der Waals surface area (Å²) in [4.78, 5) is 18.5. The van der Waals surface area contributed by atoms with Gasteiger partial charge in [-0.2, -0.15) is 5.10 Å². The number of nitrogens with one attached hydrogen (secondary N) is 2. The molecule has 0 atom stereocenters. The zero-order valence-corrected chi connectivity index (χ0v) is 15.4. The number of guanidine groups is 1. The molecule has 0 radical (unpaired) electrons. The molecule has 0 unspecified atom stereocenters. The molecule has 0 saturated carbocycles. The zero-order chi connectivity index (χ0) is 18.4. The molecule has 0 aliphatic carbocycles. The molecule has 1 aliphatic rings. The summed E-state index contributed by atoms with van der Waals surface area (Å²) in [7, 11) is 3.65. The first kappa shape index (κ1) is 18.0. The first-order valence-corrected chi connectivity index (χ1v) is 8.93. The van der Waals surface area contributed by atoms with Gasteiger partial charge in [-0.25, -0.2) is 0 Å². The summed E-state index contributed by atoms with van der Waals surface area (Å²) in [6, 6.07) is 10.2. The predicted molar refractivity (Wildman–Crippen MR) is 101 cm³/mol. The highest BCUT2D eigenvalue weighted by Gasteiger charge is 2.22. The first-order valence-electron chi connectivity index (χ1n) is 8.93. The number of carbonyl (C=O) groups excluding carboxylic acids is 1. The van der Waals surface area contributed by atoms with Crippen LogP contribution in [0.3, 0.4) is 0 Å². The summed E-state index contributed by atoms with van der Waals surface area (Å²) < 4.78 is 1.83. The number of nitrogens with zero attached hydrogens (tertiary/aromatic N) is 4. The molecular weight excluding hydrogens is 328 g/mol. The molecule has 2 aromatic rings. The number of hydrogen-bond acceptors (Lipinski definition) is 3. The minimum Gasteiger partial charge on any atom is -0.356 e. The number of hydrogen-bond donors (Lipinski definition) is 2. The van der Waals surface area contributed by atoms with Crippen LogP contribution in [0.15, 0.2) is 41.5 Å². The maximum absolute atomic E-state index is 12.4. The molecule has 0 spiro atoms. The van der Waals surface area contributed by atoms with E-state index in [1.54, 1.807) is 13.2 Å². The van der Waals surface area contributed by atoms with Crippen LogP contribution in [-0.2, 0) is 31.5 Å². The van der Waals surface area contributed by atoms with Crippen LogP contribution in [0, 0.1) is 0 Å². The van der Waals surface area contributed by atoms with Gasteiger partial charge >= 0.3 is 0 Å². The number of benzene rings is 1. The molecule has 0 bridgehead atoms. The van der Waals surface area contributed by atoms with Gasteiger partial charge in [0.05, 0.1) is 12.2 Å². The van der Waals surface area contributed by atoms with E-state index in [0.29, 0.717) is 19.5 Å². The number of aliphatic imine (C=N–C) groups is 1. The molecule has 0 saturated heterocycles. The monoisotopic (exact) mass is 354 g/mol. The molecule has 1 amide bonds. The molecule has 1 aliphatic heterocycles. The number of amides is 1. The number of aryl methyl sites for hydroxylation is 1. The quantitative estimate of drug-likeness (QED) is 0.467. The van der Waals surface area contributed by atoms with Gasteiger partial charge in [0, 0.05) is 46.3 Å². The fourth-order valence-electron chi connectivity index (χ4n) is 3.08. The summed E-state index contributed by atoms with van der Waals surface area (Å²) in [5, 5.41) is 10.6. The van der Waals surface area contributed by atoms with Gasteiger partial charge in [0.1, 0.15) is 0 Å². The van der Waals surface area contributed by atoms with Crippen LogP contribution in [-0.4, -0.2) is 40.1 Å². The van der Waals surface area contributed by atoms with E-state index in [0.717, 1.165) is 31.2 Å². The lowest BCUT2D eigenvalue weighted by Gasteiger charge is -2.16. The molecule has 1 aromatic carbocycles. The normalized spacial score (nSPS) is 13.6. The molecule has 0 fully saturated rings. The molecule has 7 nitrogen and oxygen atoms in total. The van der Waals surface area contributed by atoms with Gasteiger partial charge in [-0.15, -0.1) is 0 Å². The minimum absolute atomic E-state index is 0.209. The van der Waals surface area contributed by atoms with Crippen LogP contribution in [0.5, 0.6) is 0 Å². The molecular formula is C19H26N6O. The largest absolute Gasteiger partial charge is 0.356 e. The van der Waals surface area contributed by atoms with Crippen LogP contribution in [0.1, 0.15) is 29.7 Å². The third-order valence-corrected chi connectivity index (χ3v) is 4.64. The fraction of sp³-hybridized carbons (Fsp3) is 0.421. The van der Waals surface area contributed by atoms with Crippen molar-refractivity contribution in [2.24, 2.45) is 12.0 Å². The Morgan fingerprint density at radius 2 is 1.92 bits per heavy atom. The molecule has 2 N–H and O–H groups in total. The Morgan fingerprint density at radius 1 is 1.19 bits per heavy atom. The van der Waals surface area contributed by atoms with Gasteiger partial charge in [0.2, 0.25) is 5.91 Å². The Kier molecular flexibility index (Phi) is 5.88. The number of aromatic nitrogens is 2. The lowest BCUT2D eigenvalue weighted by Crippen LogP contribution is -2.38. The second kappa shape index (κ2) is 8.51. The summed E-state index contributed by atoms with van der Waals surface area (Å²) in [6.07, 6.45) is 3.09. The zero-order valence-electron chi connectivity index (χ0n) is 15.4. The van der Waals surface area contributed by atoms with Gasteiger partial charge in [-0.3, -0.25) is 14.5 Å². The summed E-state index contributed by atoms with van der Waals surface area (Å²) in [5.41, 5.74) is 3.61. The van der Waals surface area contributed by atoms with Crippen molar-refractivity contribution in [2.45, 2.75) is 32.5 Å². The average molecular weight is 354 g/mol. The third kappa shape index (κ3) is 4.41. The Labute approximate surface area is 154 Å². The summed E-state index contributed by atoms with van der Waals surface area (Å²) in [5.74, 6) is 0.938. The SMILES string of the molecule is CN=C(NCCCC(=O)N1Cc2ccccc2C1)NCc1ccnn1C. The molecule has 7 heteroatoms. The van der Waals surface area contributed by atoms with E-state index in [4.69, 9.17) is 0 Å². The summed E-state index contributed by atoms with van der Waals surface area (Å²) in [6.45, 7) is 2.82. The van der Waals surface area contributed by atoms with Gasteiger partial charge in [0.25, 0.3) is 0 Å². The first-order chi connectivity index (χ1) is 12.7. The van der Waals surface area contributed by atoms with Crippen LogP contribution < -0.4 is 10.6 Å². The van der Waals surface area contributed by atoms with Gasteiger partial charge in [-0.1, -0.05) is 24.3 Å². The standard InChI is InChI=1S/C19H26N6O/c1-20-19(22-12-17-9-11-23-24(17)2)21-10-5-8-18(26)25-13-15-6-3-4-7-16(15)14-25/h3-4,6-7,9,11H,5,8,10,12-14H2,1-2H3,(H2,20,21,22). The highest BCUT2D eigenvalue weighted by Crippen LogP contribution is 2.22. The van der Waals surface area contributed by atoms with Gasteiger partial charge < -0.3 is 15.5 Å². The molecule has 1 aromatic heterocycles. The average Bonchev–Trinajstić information content (AvgIpc) is 3.27. The Hall–Kier alpha value is -2.83. The van der Waals surface area contributed by atoms with Crippen LogP contribution in [0.4, 0.5) is 0 Å². The van der Waals surface area contributed by atoms with Crippen molar-refractivity contribution < 1.29 is 4.79 Å². The van der Waals surface area contributed by atoms with Gasteiger partial charge in [-0.05, 0) is 23.6 Å². The Morgan fingerprint density at radius 3 is 2.54 bits per heavy atom. The topological polar surface area (TPSA) is 74.6 Å². The Balaban J connectivity index is 1.35. The van der Waals surface area contributed by atoms with Crippen LogP contribution in [0.2, 0.25) is 0 Å². The molecule has 3 rings (SSSR count). The van der Waals surface area contributed by atoms with E-state index in [1.165, 1.54) is 11.1 Å². The minimum atomic E-state index is 0.209. The molecule has 138 valence electrons. The second-order valence-corrected chi connectivity index (χ2v) is 6.42. The maximum atomic E-state index is 12.4. The van der Waals surface area contributed by atoms with Crippen molar-refractivity contribution >= 4 is 11.9 Å². The number of rotatable bonds is 6. The second-order valence-electron chi connectivity index (χ2n) is 6.42. The van der Waals surface area contributed by atoms with Crippen molar-refractivity contribution in [2.75, 3.05) is 13.6 Å². The summed E-state index contributed by atoms with van der Waals surface area (Å²) >= 11 is 0. The maximum Gasteiger partial charge on any atom is 0.223 e. The predicted octanol–water partition coefficient (Wildman–Crippen LogP) is 1.41. The van der Waals surface area contributed by atoms with Crippen molar-refractivity contribution in [1.82, 2.24) is 25.3 Å². The van der Waals surface area contributed by atoms with Crippen molar-refractivity contribution in [3.63, 3.8) is 0 Å².